The Morgan fingerprint density at radius 1 is 1.47 bits per heavy atom. The van der Waals surface area contributed by atoms with E-state index in [-0.39, 0.29) is 6.61 Å². The number of hydrogen-bond donors (Lipinski definition) is 1. The van der Waals surface area contributed by atoms with Crippen LogP contribution >= 0.6 is 15.9 Å². The van der Waals surface area contributed by atoms with Crippen LogP contribution in [0.4, 0.5) is 0 Å². The minimum absolute atomic E-state index is 0.0511. The van der Waals surface area contributed by atoms with Gasteiger partial charge in [-0.1, -0.05) is 22.0 Å². The number of benzene rings is 1. The molecule has 0 spiro atoms. The van der Waals surface area contributed by atoms with Gasteiger partial charge in [0.25, 0.3) is 0 Å². The van der Waals surface area contributed by atoms with Gasteiger partial charge in [-0.05, 0) is 19.1 Å². The molecule has 0 saturated carbocycles. The van der Waals surface area contributed by atoms with Gasteiger partial charge in [0.2, 0.25) is 0 Å². The molecule has 0 saturated heterocycles. The molecule has 0 bridgehead atoms. The van der Waals surface area contributed by atoms with Gasteiger partial charge < -0.3 is 9.84 Å². The topological polar surface area (TPSA) is 47.3 Å². The lowest BCUT2D eigenvalue weighted by Gasteiger charge is -2.08. The summed E-state index contributed by atoms with van der Waals surface area (Å²) in [6.45, 7) is 2.76. The summed E-state index contributed by atoms with van der Waals surface area (Å²) in [5, 5.41) is 13.3. The molecule has 0 aliphatic rings. The number of ether oxygens (including phenoxy) is 1. The van der Waals surface area contributed by atoms with E-state index < -0.39 is 0 Å². The van der Waals surface area contributed by atoms with Crippen molar-refractivity contribution in [3.63, 3.8) is 0 Å². The van der Waals surface area contributed by atoms with Crippen molar-refractivity contribution in [2.75, 3.05) is 0 Å². The highest BCUT2D eigenvalue weighted by molar-refractivity contribution is 9.10. The molecule has 1 N–H and O–H groups in total. The van der Waals surface area contributed by atoms with E-state index in [2.05, 4.69) is 21.0 Å². The molecule has 4 nitrogen and oxygen atoms in total. The predicted molar refractivity (Wildman–Crippen MR) is 68.0 cm³/mol. The van der Waals surface area contributed by atoms with Crippen LogP contribution in [0.3, 0.4) is 0 Å². The van der Waals surface area contributed by atoms with Crippen LogP contribution in [0.5, 0.6) is 11.5 Å². The molecule has 5 heteroatoms. The number of halogens is 1. The van der Waals surface area contributed by atoms with Crippen molar-refractivity contribution < 1.29 is 9.84 Å². The van der Waals surface area contributed by atoms with Crippen molar-refractivity contribution in [3.8, 4) is 11.5 Å². The summed E-state index contributed by atoms with van der Waals surface area (Å²) in [4.78, 5) is 0. The summed E-state index contributed by atoms with van der Waals surface area (Å²) in [5.74, 6) is 1.30. The Kier molecular flexibility index (Phi) is 3.81. The van der Waals surface area contributed by atoms with Crippen LogP contribution in [0, 0.1) is 0 Å². The minimum atomic E-state index is -0.0511. The molecule has 90 valence electrons. The number of aromatic nitrogens is 2. The average molecular weight is 297 g/mol. The van der Waals surface area contributed by atoms with E-state index in [9.17, 15) is 5.11 Å². The molecule has 0 radical (unpaired) electrons. The fourth-order valence-electron chi connectivity index (χ4n) is 1.45. The van der Waals surface area contributed by atoms with Crippen LogP contribution in [0.25, 0.3) is 0 Å². The second-order valence-corrected chi connectivity index (χ2v) is 4.46. The summed E-state index contributed by atoms with van der Waals surface area (Å²) in [6, 6.07) is 5.52. The van der Waals surface area contributed by atoms with Crippen LogP contribution in [-0.2, 0) is 13.2 Å². The summed E-state index contributed by atoms with van der Waals surface area (Å²) < 4.78 is 8.38. The Hall–Kier alpha value is -1.33. The highest BCUT2D eigenvalue weighted by Gasteiger charge is 2.06. The van der Waals surface area contributed by atoms with E-state index in [4.69, 9.17) is 4.74 Å². The van der Waals surface area contributed by atoms with Crippen molar-refractivity contribution >= 4 is 15.9 Å². The lowest BCUT2D eigenvalue weighted by atomic mass is 10.2. The lowest BCUT2D eigenvalue weighted by molar-refractivity contribution is 0.276. The maximum absolute atomic E-state index is 9.22. The molecule has 0 unspecified atom stereocenters. The maximum Gasteiger partial charge on any atom is 0.165 e. The van der Waals surface area contributed by atoms with E-state index >= 15 is 0 Å². The smallest absolute Gasteiger partial charge is 0.165 e. The van der Waals surface area contributed by atoms with E-state index in [0.29, 0.717) is 11.5 Å². The zero-order valence-corrected chi connectivity index (χ0v) is 11.0. The third-order valence-corrected chi connectivity index (χ3v) is 2.85. The quantitative estimate of drug-likeness (QED) is 0.944. The van der Waals surface area contributed by atoms with Gasteiger partial charge in [0, 0.05) is 16.6 Å². The van der Waals surface area contributed by atoms with Crippen LogP contribution in [0.1, 0.15) is 12.5 Å². The number of hydrogen-bond acceptors (Lipinski definition) is 3. The van der Waals surface area contributed by atoms with Crippen LogP contribution in [0.15, 0.2) is 35.1 Å². The van der Waals surface area contributed by atoms with Crippen LogP contribution in [-0.4, -0.2) is 14.9 Å². The third kappa shape index (κ3) is 2.87. The Morgan fingerprint density at radius 2 is 2.29 bits per heavy atom. The van der Waals surface area contributed by atoms with Crippen LogP contribution in [0.2, 0.25) is 0 Å². The van der Waals surface area contributed by atoms with Gasteiger partial charge in [0.15, 0.2) is 5.75 Å². The summed E-state index contributed by atoms with van der Waals surface area (Å²) >= 11 is 3.38. The first kappa shape index (κ1) is 12.1. The highest BCUT2D eigenvalue weighted by atomic mass is 79.9. The van der Waals surface area contributed by atoms with Crippen LogP contribution < -0.4 is 4.74 Å². The fraction of sp³-hybridized carbons (Fsp3) is 0.250. The molecule has 1 aromatic carbocycles. The molecule has 2 rings (SSSR count). The van der Waals surface area contributed by atoms with E-state index in [1.165, 1.54) is 0 Å². The number of nitrogens with zero attached hydrogens (tertiary/aromatic N) is 2. The molecule has 0 fully saturated rings. The largest absolute Gasteiger partial charge is 0.454 e. The summed E-state index contributed by atoms with van der Waals surface area (Å²) in [6.07, 6.45) is 3.48. The van der Waals surface area contributed by atoms with Gasteiger partial charge in [0.1, 0.15) is 5.75 Å². The third-order valence-electron chi connectivity index (χ3n) is 2.36. The van der Waals surface area contributed by atoms with Gasteiger partial charge in [0.05, 0.1) is 19.0 Å². The Labute approximate surface area is 108 Å². The molecule has 1 aromatic heterocycles. The van der Waals surface area contributed by atoms with Gasteiger partial charge in [-0.15, -0.1) is 0 Å². The highest BCUT2D eigenvalue weighted by Crippen LogP contribution is 2.28. The van der Waals surface area contributed by atoms with Gasteiger partial charge in [-0.25, -0.2) is 0 Å². The first-order valence-corrected chi connectivity index (χ1v) is 6.12. The molecular formula is C12H13BrN2O2. The Bertz CT molecular complexity index is 511. The first-order chi connectivity index (χ1) is 8.22. The number of aliphatic hydroxyl groups is 1. The lowest BCUT2D eigenvalue weighted by Crippen LogP contribution is -1.93. The van der Waals surface area contributed by atoms with E-state index in [1.54, 1.807) is 10.9 Å². The Morgan fingerprint density at radius 3 is 2.94 bits per heavy atom. The molecule has 2 aromatic rings. The molecule has 0 aliphatic heterocycles. The fourth-order valence-corrected chi connectivity index (χ4v) is 1.79. The maximum atomic E-state index is 9.22. The normalized spacial score (nSPS) is 10.5. The number of aliphatic hydroxyl groups excluding tert-OH is 1. The zero-order valence-electron chi connectivity index (χ0n) is 9.43. The minimum Gasteiger partial charge on any atom is -0.454 e. The molecular weight excluding hydrogens is 284 g/mol. The summed E-state index contributed by atoms with van der Waals surface area (Å²) in [5.41, 5.74) is 0.748. The SMILES string of the molecule is CCn1cc(Oc2cc(Br)ccc2CO)cn1. The van der Waals surface area contributed by atoms with Crippen molar-refractivity contribution in [1.29, 1.82) is 0 Å². The Balaban J connectivity index is 2.25. The zero-order chi connectivity index (χ0) is 12.3. The molecule has 1 heterocycles. The van der Waals surface area contributed by atoms with Crippen molar-refractivity contribution in [3.05, 3.63) is 40.6 Å². The standard InChI is InChI=1S/C12H13BrN2O2/c1-2-15-7-11(6-14-15)17-12-5-10(13)4-3-9(12)8-16/h3-7,16H,2,8H2,1H3. The van der Waals surface area contributed by atoms with Gasteiger partial charge >= 0.3 is 0 Å². The predicted octanol–water partition coefficient (Wildman–Crippen LogP) is 2.95. The van der Waals surface area contributed by atoms with E-state index in [1.807, 2.05) is 31.3 Å². The molecule has 0 aliphatic carbocycles. The van der Waals surface area contributed by atoms with Gasteiger partial charge in [-0.3, -0.25) is 4.68 Å². The van der Waals surface area contributed by atoms with Crippen molar-refractivity contribution in [2.24, 2.45) is 0 Å². The second-order valence-electron chi connectivity index (χ2n) is 3.54. The van der Waals surface area contributed by atoms with Crippen molar-refractivity contribution in [1.82, 2.24) is 9.78 Å². The first-order valence-electron chi connectivity index (χ1n) is 5.32. The van der Waals surface area contributed by atoms with Crippen molar-refractivity contribution in [2.45, 2.75) is 20.1 Å². The molecule has 17 heavy (non-hydrogen) atoms. The number of aryl methyl sites for hydroxylation is 1. The second kappa shape index (κ2) is 5.33. The van der Waals surface area contributed by atoms with Gasteiger partial charge in [-0.2, -0.15) is 5.10 Å². The molecule has 0 amide bonds. The number of rotatable bonds is 4. The molecule has 0 atom stereocenters. The summed E-state index contributed by atoms with van der Waals surface area (Å²) in [7, 11) is 0. The average Bonchev–Trinajstić information content (AvgIpc) is 2.77. The monoisotopic (exact) mass is 296 g/mol. The van der Waals surface area contributed by atoms with E-state index in [0.717, 1.165) is 16.6 Å².